The third-order valence-electron chi connectivity index (χ3n) is 4.35. The summed E-state index contributed by atoms with van der Waals surface area (Å²) >= 11 is 0. The molecule has 0 aliphatic rings. The van der Waals surface area contributed by atoms with Crippen LogP contribution >= 0.6 is 0 Å². The zero-order valence-electron chi connectivity index (χ0n) is 14.9. The molecule has 4 nitrogen and oxygen atoms in total. The van der Waals surface area contributed by atoms with Gasteiger partial charge in [0.2, 0.25) is 5.91 Å². The van der Waals surface area contributed by atoms with Crippen molar-refractivity contribution in [1.82, 2.24) is 15.1 Å². The van der Waals surface area contributed by atoms with Crippen LogP contribution in [-0.4, -0.2) is 23.5 Å². The molecule has 0 fully saturated rings. The van der Waals surface area contributed by atoms with E-state index in [-0.39, 0.29) is 5.91 Å². The van der Waals surface area contributed by atoms with Gasteiger partial charge in [-0.15, -0.1) is 0 Å². The second-order valence-electron chi connectivity index (χ2n) is 6.34. The maximum Gasteiger partial charge on any atom is 0.224 e. The van der Waals surface area contributed by atoms with Crippen LogP contribution in [0.5, 0.6) is 0 Å². The van der Waals surface area contributed by atoms with Crippen molar-refractivity contribution < 1.29 is 4.79 Å². The number of aromatic nitrogens is 2. The molecule has 1 heterocycles. The highest BCUT2D eigenvalue weighted by atomic mass is 16.1. The van der Waals surface area contributed by atoms with E-state index in [9.17, 15) is 4.79 Å². The van der Waals surface area contributed by atoms with Crippen molar-refractivity contribution in [2.45, 2.75) is 26.8 Å². The molecule has 0 saturated carbocycles. The summed E-state index contributed by atoms with van der Waals surface area (Å²) in [6, 6.07) is 18.2. The molecular formula is C20H22BN3O. The molecule has 3 rings (SSSR count). The lowest BCUT2D eigenvalue weighted by Crippen LogP contribution is -2.25. The first kappa shape index (κ1) is 17.0. The fourth-order valence-corrected chi connectivity index (χ4v) is 3.00. The number of carbonyl (C=O) groups is 1. The summed E-state index contributed by atoms with van der Waals surface area (Å²) in [6.07, 6.45) is 0.344. The summed E-state index contributed by atoms with van der Waals surface area (Å²) in [5.41, 5.74) is 6.21. The third-order valence-corrected chi connectivity index (χ3v) is 4.35. The Morgan fingerprint density at radius 2 is 1.88 bits per heavy atom. The predicted molar refractivity (Wildman–Crippen MR) is 103 cm³/mol. The number of aryl methyl sites for hydroxylation is 1. The Labute approximate surface area is 149 Å². The van der Waals surface area contributed by atoms with Gasteiger partial charge in [-0.3, -0.25) is 4.79 Å². The lowest BCUT2D eigenvalue weighted by molar-refractivity contribution is -0.120. The predicted octanol–water partition coefficient (Wildman–Crippen LogP) is 1.61. The number of nitrogens with zero attached hydrogens (tertiary/aromatic N) is 2. The van der Waals surface area contributed by atoms with Crippen molar-refractivity contribution in [3.8, 4) is 5.69 Å². The molecule has 3 aromatic rings. The van der Waals surface area contributed by atoms with E-state index >= 15 is 0 Å². The van der Waals surface area contributed by atoms with Gasteiger partial charge in [-0.2, -0.15) is 5.10 Å². The number of amides is 1. The van der Waals surface area contributed by atoms with E-state index < -0.39 is 0 Å². The van der Waals surface area contributed by atoms with Crippen molar-refractivity contribution in [2.75, 3.05) is 0 Å². The normalized spacial score (nSPS) is 10.6. The van der Waals surface area contributed by atoms with Gasteiger partial charge in [0.1, 0.15) is 7.85 Å². The minimum atomic E-state index is 0.0142. The molecule has 2 aromatic carbocycles. The number of hydrogen-bond donors (Lipinski definition) is 1. The topological polar surface area (TPSA) is 46.9 Å². The van der Waals surface area contributed by atoms with Gasteiger partial charge >= 0.3 is 0 Å². The largest absolute Gasteiger partial charge is 0.352 e. The average Bonchev–Trinajstić information content (AvgIpc) is 2.89. The summed E-state index contributed by atoms with van der Waals surface area (Å²) in [4.78, 5) is 12.4. The SMILES string of the molecule is Bc1cccc(CNC(=O)Cc2c(C)nn(-c3ccccc3)c2C)c1. The van der Waals surface area contributed by atoms with Gasteiger partial charge in [0.15, 0.2) is 0 Å². The van der Waals surface area contributed by atoms with Crippen LogP contribution in [0.25, 0.3) is 5.69 Å². The number of carbonyl (C=O) groups excluding carboxylic acids is 1. The van der Waals surface area contributed by atoms with E-state index in [4.69, 9.17) is 0 Å². The van der Waals surface area contributed by atoms with Gasteiger partial charge in [0.25, 0.3) is 0 Å². The van der Waals surface area contributed by atoms with E-state index in [2.05, 4.69) is 30.4 Å². The fourth-order valence-electron chi connectivity index (χ4n) is 3.00. The first-order chi connectivity index (χ1) is 12.0. The number of hydrogen-bond acceptors (Lipinski definition) is 2. The number of para-hydroxylation sites is 1. The van der Waals surface area contributed by atoms with E-state index in [0.717, 1.165) is 28.2 Å². The molecule has 0 spiro atoms. The van der Waals surface area contributed by atoms with Crippen LogP contribution in [0.3, 0.4) is 0 Å². The molecule has 0 atom stereocenters. The Hall–Kier alpha value is -2.82. The van der Waals surface area contributed by atoms with Gasteiger partial charge < -0.3 is 5.32 Å². The Balaban J connectivity index is 1.70. The van der Waals surface area contributed by atoms with E-state index in [1.165, 1.54) is 5.46 Å². The van der Waals surface area contributed by atoms with Crippen LogP contribution in [0.2, 0.25) is 0 Å². The molecule has 0 aliphatic heterocycles. The minimum Gasteiger partial charge on any atom is -0.352 e. The Morgan fingerprint density at radius 1 is 1.12 bits per heavy atom. The average molecular weight is 331 g/mol. The van der Waals surface area contributed by atoms with Crippen LogP contribution in [0.15, 0.2) is 54.6 Å². The molecule has 0 aliphatic carbocycles. The van der Waals surface area contributed by atoms with Gasteiger partial charge in [0, 0.05) is 17.8 Å². The minimum absolute atomic E-state index is 0.0142. The smallest absolute Gasteiger partial charge is 0.224 e. The zero-order valence-corrected chi connectivity index (χ0v) is 14.9. The summed E-state index contributed by atoms with van der Waals surface area (Å²) < 4.78 is 1.90. The fraction of sp³-hybridized carbons (Fsp3) is 0.200. The van der Waals surface area contributed by atoms with Crippen LogP contribution in [0.1, 0.15) is 22.5 Å². The zero-order chi connectivity index (χ0) is 17.8. The third kappa shape index (κ3) is 3.99. The van der Waals surface area contributed by atoms with Crippen LogP contribution in [-0.2, 0) is 17.8 Å². The van der Waals surface area contributed by atoms with Gasteiger partial charge in [-0.25, -0.2) is 4.68 Å². The van der Waals surface area contributed by atoms with E-state index in [0.29, 0.717) is 13.0 Å². The summed E-state index contributed by atoms with van der Waals surface area (Å²) in [5.74, 6) is 0.0142. The second-order valence-corrected chi connectivity index (χ2v) is 6.34. The molecular weight excluding hydrogens is 309 g/mol. The van der Waals surface area contributed by atoms with E-state index in [1.807, 2.05) is 61.0 Å². The highest BCUT2D eigenvalue weighted by Crippen LogP contribution is 2.18. The van der Waals surface area contributed by atoms with Crippen molar-refractivity contribution in [3.63, 3.8) is 0 Å². The molecule has 0 unspecified atom stereocenters. The molecule has 1 N–H and O–H groups in total. The molecule has 0 radical (unpaired) electrons. The van der Waals surface area contributed by atoms with Crippen LogP contribution in [0.4, 0.5) is 0 Å². The summed E-state index contributed by atoms with van der Waals surface area (Å²) in [5, 5.41) is 7.60. The molecule has 0 saturated heterocycles. The lowest BCUT2D eigenvalue weighted by Gasteiger charge is -2.07. The van der Waals surface area contributed by atoms with Crippen molar-refractivity contribution in [3.05, 3.63) is 77.1 Å². The molecule has 0 bridgehead atoms. The maximum atomic E-state index is 12.4. The number of benzene rings is 2. The van der Waals surface area contributed by atoms with Crippen LogP contribution < -0.4 is 10.8 Å². The van der Waals surface area contributed by atoms with E-state index in [1.54, 1.807) is 0 Å². The first-order valence-corrected chi connectivity index (χ1v) is 8.47. The molecule has 1 amide bonds. The molecule has 1 aromatic heterocycles. The summed E-state index contributed by atoms with van der Waals surface area (Å²) in [7, 11) is 2.05. The monoisotopic (exact) mass is 331 g/mol. The molecule has 126 valence electrons. The Kier molecular flexibility index (Phi) is 5.03. The van der Waals surface area contributed by atoms with Crippen molar-refractivity contribution in [1.29, 1.82) is 0 Å². The lowest BCUT2D eigenvalue weighted by atomic mass is 9.94. The van der Waals surface area contributed by atoms with Gasteiger partial charge in [0.05, 0.1) is 17.8 Å². The highest BCUT2D eigenvalue weighted by molar-refractivity contribution is 6.32. The standard InChI is InChI=1S/C20H22BN3O/c1-14-19(15(2)24(23-14)18-9-4-3-5-10-18)12-20(25)22-13-16-7-6-8-17(21)11-16/h3-11H,12-13,21H2,1-2H3,(H,22,25). The Morgan fingerprint density at radius 3 is 2.60 bits per heavy atom. The van der Waals surface area contributed by atoms with Crippen LogP contribution in [0, 0.1) is 13.8 Å². The quantitative estimate of drug-likeness (QED) is 0.722. The van der Waals surface area contributed by atoms with Crippen molar-refractivity contribution >= 4 is 19.2 Å². The highest BCUT2D eigenvalue weighted by Gasteiger charge is 2.15. The van der Waals surface area contributed by atoms with Gasteiger partial charge in [-0.05, 0) is 31.5 Å². The second kappa shape index (κ2) is 7.39. The molecule has 5 heteroatoms. The molecule has 25 heavy (non-hydrogen) atoms. The van der Waals surface area contributed by atoms with Gasteiger partial charge in [-0.1, -0.05) is 47.9 Å². The van der Waals surface area contributed by atoms with Crippen molar-refractivity contribution in [2.24, 2.45) is 0 Å². The number of nitrogens with one attached hydrogen (secondary N) is 1. The summed E-state index contributed by atoms with van der Waals surface area (Å²) in [6.45, 7) is 4.51. The maximum absolute atomic E-state index is 12.4. The Bertz CT molecular complexity index is 887. The number of rotatable bonds is 5. The first-order valence-electron chi connectivity index (χ1n) is 8.47.